The van der Waals surface area contributed by atoms with Gasteiger partial charge in [-0.2, -0.15) is 0 Å². The summed E-state index contributed by atoms with van der Waals surface area (Å²) in [6, 6.07) is 13.3. The first-order valence-electron chi connectivity index (χ1n) is 6.33. The first-order chi connectivity index (χ1) is 9.47. The quantitative estimate of drug-likeness (QED) is 0.872. The van der Waals surface area contributed by atoms with Gasteiger partial charge in [0.2, 0.25) is 0 Å². The normalized spacial score (nSPS) is 10.3. The molecule has 2 aromatic rings. The maximum Gasteiger partial charge on any atom is 0.253 e. The summed E-state index contributed by atoms with van der Waals surface area (Å²) in [6.45, 7) is 2.48. The van der Waals surface area contributed by atoms with Crippen molar-refractivity contribution in [2.45, 2.75) is 13.5 Å². The number of hydrogen-bond donors (Lipinski definition) is 1. The van der Waals surface area contributed by atoms with Crippen LogP contribution in [0.4, 0.5) is 5.69 Å². The predicted octanol–water partition coefficient (Wildman–Crippen LogP) is 3.61. The summed E-state index contributed by atoms with van der Waals surface area (Å²) in [5, 5.41) is 0. The maximum atomic E-state index is 12.4. The smallest absolute Gasteiger partial charge is 0.253 e. The van der Waals surface area contributed by atoms with Gasteiger partial charge in [0, 0.05) is 29.3 Å². The van der Waals surface area contributed by atoms with E-state index in [1.165, 1.54) is 0 Å². The van der Waals surface area contributed by atoms with Crippen molar-refractivity contribution in [3.63, 3.8) is 0 Å². The van der Waals surface area contributed by atoms with Crippen LogP contribution in [0, 0.1) is 6.92 Å². The topological polar surface area (TPSA) is 46.3 Å². The molecule has 0 bridgehead atoms. The molecule has 0 radical (unpaired) electrons. The number of carbonyl (C=O) groups is 1. The number of nitrogens with zero attached hydrogens (tertiary/aromatic N) is 1. The minimum Gasteiger partial charge on any atom is -0.399 e. The van der Waals surface area contributed by atoms with Crippen LogP contribution in [0.15, 0.2) is 46.9 Å². The van der Waals surface area contributed by atoms with E-state index in [2.05, 4.69) is 15.9 Å². The highest BCUT2D eigenvalue weighted by atomic mass is 79.9. The second kappa shape index (κ2) is 6.09. The van der Waals surface area contributed by atoms with Crippen molar-refractivity contribution < 1.29 is 4.79 Å². The second-order valence-corrected chi connectivity index (χ2v) is 5.77. The van der Waals surface area contributed by atoms with E-state index in [0.717, 1.165) is 15.6 Å². The molecule has 3 nitrogen and oxygen atoms in total. The Balaban J connectivity index is 2.11. The molecule has 0 aliphatic heterocycles. The Morgan fingerprint density at radius 1 is 1.20 bits per heavy atom. The molecule has 0 aliphatic carbocycles. The Morgan fingerprint density at radius 3 is 2.45 bits per heavy atom. The minimum absolute atomic E-state index is 0.00369. The van der Waals surface area contributed by atoms with Gasteiger partial charge in [0.1, 0.15) is 0 Å². The zero-order chi connectivity index (χ0) is 14.7. The average Bonchev–Trinajstić information content (AvgIpc) is 2.43. The van der Waals surface area contributed by atoms with Crippen molar-refractivity contribution >= 4 is 27.5 Å². The van der Waals surface area contributed by atoms with Gasteiger partial charge in [0.05, 0.1) is 0 Å². The predicted molar refractivity (Wildman–Crippen MR) is 85.5 cm³/mol. The summed E-state index contributed by atoms with van der Waals surface area (Å²) < 4.78 is 1.03. The molecule has 2 aromatic carbocycles. The van der Waals surface area contributed by atoms with Gasteiger partial charge in [-0.05, 0) is 48.4 Å². The highest BCUT2D eigenvalue weighted by Gasteiger charge is 2.12. The molecule has 4 heteroatoms. The summed E-state index contributed by atoms with van der Waals surface area (Å²) in [4.78, 5) is 14.1. The van der Waals surface area contributed by atoms with Crippen molar-refractivity contribution in [1.82, 2.24) is 4.90 Å². The molecular weight excluding hydrogens is 316 g/mol. The van der Waals surface area contributed by atoms with E-state index in [0.29, 0.717) is 17.8 Å². The van der Waals surface area contributed by atoms with E-state index < -0.39 is 0 Å². The zero-order valence-corrected chi connectivity index (χ0v) is 13.1. The molecular formula is C16H17BrN2O. The Hall–Kier alpha value is -1.81. The van der Waals surface area contributed by atoms with Gasteiger partial charge in [-0.1, -0.05) is 28.1 Å². The zero-order valence-electron chi connectivity index (χ0n) is 11.6. The molecule has 0 spiro atoms. The standard InChI is InChI=1S/C16H17BrN2O/c1-11-9-13(5-8-15(11)18)16(20)19(2)10-12-3-6-14(17)7-4-12/h3-9H,10,18H2,1-2H3. The van der Waals surface area contributed by atoms with Crippen LogP contribution in [-0.2, 0) is 6.54 Å². The van der Waals surface area contributed by atoms with Crippen molar-refractivity contribution in [3.05, 3.63) is 63.6 Å². The molecule has 0 heterocycles. The lowest BCUT2D eigenvalue weighted by atomic mass is 10.1. The van der Waals surface area contributed by atoms with Crippen LogP contribution in [0.5, 0.6) is 0 Å². The molecule has 0 saturated carbocycles. The van der Waals surface area contributed by atoms with Gasteiger partial charge in [-0.25, -0.2) is 0 Å². The number of anilines is 1. The average molecular weight is 333 g/mol. The molecule has 20 heavy (non-hydrogen) atoms. The van der Waals surface area contributed by atoms with Gasteiger partial charge in [0.15, 0.2) is 0 Å². The van der Waals surface area contributed by atoms with Crippen LogP contribution < -0.4 is 5.73 Å². The lowest BCUT2D eigenvalue weighted by Crippen LogP contribution is -2.26. The fourth-order valence-electron chi connectivity index (χ4n) is 1.96. The Bertz CT molecular complexity index is 623. The largest absolute Gasteiger partial charge is 0.399 e. The van der Waals surface area contributed by atoms with Crippen molar-refractivity contribution in [3.8, 4) is 0 Å². The van der Waals surface area contributed by atoms with Crippen LogP contribution in [0.25, 0.3) is 0 Å². The second-order valence-electron chi connectivity index (χ2n) is 4.86. The fraction of sp³-hybridized carbons (Fsp3) is 0.188. The first-order valence-corrected chi connectivity index (χ1v) is 7.12. The fourth-order valence-corrected chi connectivity index (χ4v) is 2.23. The van der Waals surface area contributed by atoms with Crippen LogP contribution in [0.3, 0.4) is 0 Å². The van der Waals surface area contributed by atoms with Gasteiger partial charge in [-0.3, -0.25) is 4.79 Å². The summed E-state index contributed by atoms with van der Waals surface area (Å²) in [5.74, 6) is -0.00369. The van der Waals surface area contributed by atoms with E-state index in [1.807, 2.05) is 37.3 Å². The van der Waals surface area contributed by atoms with Crippen molar-refractivity contribution in [2.75, 3.05) is 12.8 Å². The number of amides is 1. The van der Waals surface area contributed by atoms with E-state index in [-0.39, 0.29) is 5.91 Å². The summed E-state index contributed by atoms with van der Waals surface area (Å²) in [5.41, 5.74) is 9.16. The SMILES string of the molecule is Cc1cc(C(=O)N(C)Cc2ccc(Br)cc2)ccc1N. The Labute approximate surface area is 127 Å². The van der Waals surface area contributed by atoms with Crippen molar-refractivity contribution in [2.24, 2.45) is 0 Å². The lowest BCUT2D eigenvalue weighted by molar-refractivity contribution is 0.0785. The Morgan fingerprint density at radius 2 is 1.85 bits per heavy atom. The van der Waals surface area contributed by atoms with E-state index >= 15 is 0 Å². The third-order valence-electron chi connectivity index (χ3n) is 3.20. The van der Waals surface area contributed by atoms with Crippen LogP contribution >= 0.6 is 15.9 Å². The first kappa shape index (κ1) is 14.6. The monoisotopic (exact) mass is 332 g/mol. The van der Waals surface area contributed by atoms with Crippen LogP contribution in [-0.4, -0.2) is 17.9 Å². The third kappa shape index (κ3) is 3.39. The van der Waals surface area contributed by atoms with E-state index in [4.69, 9.17) is 5.73 Å². The molecule has 1 amide bonds. The van der Waals surface area contributed by atoms with Gasteiger partial charge in [0.25, 0.3) is 5.91 Å². The molecule has 0 fully saturated rings. The molecule has 0 atom stereocenters. The van der Waals surface area contributed by atoms with E-state index in [9.17, 15) is 4.79 Å². The number of nitrogen functional groups attached to an aromatic ring is 1. The van der Waals surface area contributed by atoms with Crippen LogP contribution in [0.2, 0.25) is 0 Å². The maximum absolute atomic E-state index is 12.4. The lowest BCUT2D eigenvalue weighted by Gasteiger charge is -2.18. The molecule has 0 saturated heterocycles. The number of nitrogens with two attached hydrogens (primary N) is 1. The summed E-state index contributed by atoms with van der Waals surface area (Å²) in [6.07, 6.45) is 0. The number of halogens is 1. The minimum atomic E-state index is -0.00369. The molecule has 0 aromatic heterocycles. The molecule has 0 unspecified atom stereocenters. The summed E-state index contributed by atoms with van der Waals surface area (Å²) in [7, 11) is 1.80. The van der Waals surface area contributed by atoms with Gasteiger partial charge < -0.3 is 10.6 Å². The molecule has 2 N–H and O–H groups in total. The third-order valence-corrected chi connectivity index (χ3v) is 3.73. The van der Waals surface area contributed by atoms with Crippen molar-refractivity contribution in [1.29, 1.82) is 0 Å². The summed E-state index contributed by atoms with van der Waals surface area (Å²) >= 11 is 3.40. The van der Waals surface area contributed by atoms with Crippen LogP contribution in [0.1, 0.15) is 21.5 Å². The number of benzene rings is 2. The Kier molecular flexibility index (Phi) is 4.45. The molecule has 2 rings (SSSR count). The number of aryl methyl sites for hydroxylation is 1. The number of hydrogen-bond acceptors (Lipinski definition) is 2. The highest BCUT2D eigenvalue weighted by Crippen LogP contribution is 2.16. The van der Waals surface area contributed by atoms with E-state index in [1.54, 1.807) is 24.1 Å². The van der Waals surface area contributed by atoms with Gasteiger partial charge >= 0.3 is 0 Å². The number of rotatable bonds is 3. The molecule has 104 valence electrons. The highest BCUT2D eigenvalue weighted by molar-refractivity contribution is 9.10. The number of carbonyl (C=O) groups excluding carboxylic acids is 1. The molecule has 0 aliphatic rings. The van der Waals surface area contributed by atoms with Gasteiger partial charge in [-0.15, -0.1) is 0 Å².